The first-order valence-corrected chi connectivity index (χ1v) is 11.7. The van der Waals surface area contributed by atoms with Crippen molar-refractivity contribution >= 4 is 16.0 Å². The van der Waals surface area contributed by atoms with Crippen molar-refractivity contribution in [3.8, 4) is 0 Å². The molecule has 1 aliphatic heterocycles. The second kappa shape index (κ2) is 9.76. The maximum Gasteiger partial charge on any atom is 0.211 e. The van der Waals surface area contributed by atoms with Gasteiger partial charge in [0.1, 0.15) is 0 Å². The molecule has 1 unspecified atom stereocenters. The quantitative estimate of drug-likeness (QED) is 0.531. The minimum Gasteiger partial charge on any atom is -0.355 e. The fourth-order valence-electron chi connectivity index (χ4n) is 4.13. The van der Waals surface area contributed by atoms with Crippen LogP contribution < -0.4 is 10.6 Å². The van der Waals surface area contributed by atoms with E-state index in [1.807, 2.05) is 0 Å². The van der Waals surface area contributed by atoms with Gasteiger partial charge in [-0.15, -0.1) is 0 Å². The van der Waals surface area contributed by atoms with Gasteiger partial charge in [-0.25, -0.2) is 8.42 Å². The summed E-state index contributed by atoms with van der Waals surface area (Å²) in [5, 5.41) is 6.77. The fraction of sp³-hybridized carbons (Fsp3) is 0.944. The predicted octanol–water partition coefficient (Wildman–Crippen LogP) is 2.32. The average Bonchev–Trinajstić information content (AvgIpc) is 3.06. The van der Waals surface area contributed by atoms with E-state index in [-0.39, 0.29) is 6.04 Å². The van der Waals surface area contributed by atoms with Gasteiger partial charge in [-0.05, 0) is 38.5 Å². The Morgan fingerprint density at radius 2 is 1.92 bits per heavy atom. The average molecular weight is 373 g/mol. The van der Waals surface area contributed by atoms with E-state index in [0.717, 1.165) is 31.1 Å². The number of hydrogen-bond acceptors (Lipinski definition) is 3. The molecule has 0 radical (unpaired) electrons. The lowest BCUT2D eigenvalue weighted by molar-refractivity contribution is 0.322. The van der Waals surface area contributed by atoms with E-state index in [4.69, 9.17) is 0 Å². The molecule has 1 saturated carbocycles. The molecule has 0 aromatic rings. The van der Waals surface area contributed by atoms with Gasteiger partial charge in [0.2, 0.25) is 10.0 Å². The van der Waals surface area contributed by atoms with Gasteiger partial charge >= 0.3 is 0 Å². The number of nitrogens with zero attached hydrogens (tertiary/aromatic N) is 2. The van der Waals surface area contributed by atoms with E-state index < -0.39 is 10.0 Å². The summed E-state index contributed by atoms with van der Waals surface area (Å²) < 4.78 is 25.3. The molecule has 6 nitrogen and oxygen atoms in total. The molecule has 1 heterocycles. The van der Waals surface area contributed by atoms with Crippen LogP contribution in [0.25, 0.3) is 0 Å². The maximum absolute atomic E-state index is 11.8. The maximum atomic E-state index is 11.8. The second-order valence-electron chi connectivity index (χ2n) is 7.75. The SMILES string of the molecule is CN=C(NC[C@H]1CCCN1S(C)(=O)=O)NC(C)CCC1CCCCC1. The summed E-state index contributed by atoms with van der Waals surface area (Å²) in [5.74, 6) is 1.67. The van der Waals surface area contributed by atoms with Gasteiger partial charge in [-0.2, -0.15) is 4.31 Å². The van der Waals surface area contributed by atoms with Gasteiger partial charge in [0.25, 0.3) is 0 Å². The fourth-order valence-corrected chi connectivity index (χ4v) is 5.31. The molecule has 0 bridgehead atoms. The third-order valence-corrected chi connectivity index (χ3v) is 6.93. The van der Waals surface area contributed by atoms with Gasteiger partial charge < -0.3 is 10.6 Å². The Balaban J connectivity index is 1.72. The van der Waals surface area contributed by atoms with Gasteiger partial charge in [0.05, 0.1) is 6.26 Å². The lowest BCUT2D eigenvalue weighted by atomic mass is 9.85. The molecule has 2 atom stereocenters. The highest BCUT2D eigenvalue weighted by Gasteiger charge is 2.31. The number of hydrogen-bond donors (Lipinski definition) is 2. The number of guanidine groups is 1. The van der Waals surface area contributed by atoms with Crippen LogP contribution in [0.2, 0.25) is 0 Å². The zero-order chi connectivity index (χ0) is 18.3. The van der Waals surface area contributed by atoms with Crippen molar-refractivity contribution in [2.45, 2.75) is 76.8 Å². The van der Waals surface area contributed by atoms with E-state index in [1.165, 1.54) is 44.8 Å². The van der Waals surface area contributed by atoms with Crippen LogP contribution in [0, 0.1) is 5.92 Å². The topological polar surface area (TPSA) is 73.8 Å². The monoisotopic (exact) mass is 372 g/mol. The molecule has 0 aromatic heterocycles. The number of sulfonamides is 1. The summed E-state index contributed by atoms with van der Waals surface area (Å²) in [6.07, 6.45) is 12.6. The van der Waals surface area contributed by atoms with Crippen molar-refractivity contribution < 1.29 is 8.42 Å². The Bertz CT molecular complexity index is 529. The third-order valence-electron chi connectivity index (χ3n) is 5.59. The second-order valence-corrected chi connectivity index (χ2v) is 9.68. The van der Waals surface area contributed by atoms with Gasteiger partial charge in [-0.3, -0.25) is 4.99 Å². The van der Waals surface area contributed by atoms with Crippen LogP contribution in [0.15, 0.2) is 4.99 Å². The highest BCUT2D eigenvalue weighted by molar-refractivity contribution is 7.88. The van der Waals surface area contributed by atoms with E-state index in [0.29, 0.717) is 19.1 Å². The minimum absolute atomic E-state index is 0.0334. The molecule has 0 spiro atoms. The van der Waals surface area contributed by atoms with Crippen molar-refractivity contribution in [2.75, 3.05) is 26.4 Å². The van der Waals surface area contributed by atoms with Gasteiger partial charge in [0.15, 0.2) is 5.96 Å². The van der Waals surface area contributed by atoms with Crippen molar-refractivity contribution in [3.05, 3.63) is 0 Å². The van der Waals surface area contributed by atoms with Crippen LogP contribution in [-0.2, 0) is 10.0 Å². The summed E-state index contributed by atoms with van der Waals surface area (Å²) in [6.45, 7) is 3.45. The minimum atomic E-state index is -3.12. The number of rotatable bonds is 7. The molecule has 25 heavy (non-hydrogen) atoms. The smallest absolute Gasteiger partial charge is 0.211 e. The molecular weight excluding hydrogens is 336 g/mol. The van der Waals surface area contributed by atoms with Crippen LogP contribution in [0.5, 0.6) is 0 Å². The normalized spacial score (nSPS) is 25.1. The Labute approximate surface area is 153 Å². The van der Waals surface area contributed by atoms with E-state index >= 15 is 0 Å². The standard InChI is InChI=1S/C18H36N4O2S/c1-15(11-12-16-8-5-4-6-9-16)21-18(19-2)20-14-17-10-7-13-22(17)25(3,23)24/h15-17H,4-14H2,1-3H3,(H2,19,20,21)/t15?,17-/m1/s1. The van der Waals surface area contributed by atoms with E-state index in [2.05, 4.69) is 22.5 Å². The van der Waals surface area contributed by atoms with Gasteiger partial charge in [-0.1, -0.05) is 32.1 Å². The van der Waals surface area contributed by atoms with E-state index in [9.17, 15) is 8.42 Å². The summed E-state index contributed by atoms with van der Waals surface area (Å²) in [6, 6.07) is 0.411. The molecule has 1 aliphatic carbocycles. The molecule has 146 valence electrons. The van der Waals surface area contributed by atoms with Crippen LogP contribution in [0.1, 0.15) is 64.7 Å². The van der Waals surface area contributed by atoms with Crippen LogP contribution >= 0.6 is 0 Å². The highest BCUT2D eigenvalue weighted by atomic mass is 32.2. The molecule has 2 rings (SSSR count). The van der Waals surface area contributed by atoms with Crippen molar-refractivity contribution in [1.82, 2.24) is 14.9 Å². The van der Waals surface area contributed by atoms with Crippen LogP contribution in [-0.4, -0.2) is 57.2 Å². The van der Waals surface area contributed by atoms with Crippen LogP contribution in [0.4, 0.5) is 0 Å². The molecule has 2 aliphatic rings. The third kappa shape index (κ3) is 6.77. The first-order chi connectivity index (χ1) is 11.9. The Kier molecular flexibility index (Phi) is 8.00. The predicted molar refractivity (Wildman–Crippen MR) is 104 cm³/mol. The molecule has 2 fully saturated rings. The lowest BCUT2D eigenvalue weighted by Crippen LogP contribution is -2.48. The Morgan fingerprint density at radius 1 is 1.20 bits per heavy atom. The first-order valence-electron chi connectivity index (χ1n) is 9.84. The van der Waals surface area contributed by atoms with E-state index in [1.54, 1.807) is 11.4 Å². The van der Waals surface area contributed by atoms with Crippen LogP contribution in [0.3, 0.4) is 0 Å². The molecule has 1 saturated heterocycles. The zero-order valence-corrected chi connectivity index (χ0v) is 16.9. The molecule has 0 aromatic carbocycles. The summed E-state index contributed by atoms with van der Waals surface area (Å²) in [5.41, 5.74) is 0. The first kappa shape index (κ1) is 20.5. The Hall–Kier alpha value is -0.820. The summed E-state index contributed by atoms with van der Waals surface area (Å²) in [7, 11) is -1.35. The number of aliphatic imine (C=N–C) groups is 1. The van der Waals surface area contributed by atoms with Crippen molar-refractivity contribution in [3.63, 3.8) is 0 Å². The van der Waals surface area contributed by atoms with Crippen molar-refractivity contribution in [2.24, 2.45) is 10.9 Å². The highest BCUT2D eigenvalue weighted by Crippen LogP contribution is 2.27. The summed E-state index contributed by atoms with van der Waals surface area (Å²) in [4.78, 5) is 4.30. The Morgan fingerprint density at radius 3 is 2.56 bits per heavy atom. The lowest BCUT2D eigenvalue weighted by Gasteiger charge is -2.26. The largest absolute Gasteiger partial charge is 0.355 e. The van der Waals surface area contributed by atoms with Gasteiger partial charge in [0, 0.05) is 32.2 Å². The molecule has 2 N–H and O–H groups in total. The van der Waals surface area contributed by atoms with Crippen molar-refractivity contribution in [1.29, 1.82) is 0 Å². The number of nitrogens with one attached hydrogen (secondary N) is 2. The zero-order valence-electron chi connectivity index (χ0n) is 16.1. The molecular formula is C18H36N4O2S. The summed E-state index contributed by atoms with van der Waals surface area (Å²) >= 11 is 0. The molecule has 7 heteroatoms. The molecule has 0 amide bonds.